The molecule has 0 aliphatic heterocycles. The second-order valence-corrected chi connectivity index (χ2v) is 6.95. The van der Waals surface area contributed by atoms with Gasteiger partial charge in [0.15, 0.2) is 0 Å². The minimum atomic E-state index is -0.654. The van der Waals surface area contributed by atoms with Crippen molar-refractivity contribution in [3.8, 4) is 0 Å². The summed E-state index contributed by atoms with van der Waals surface area (Å²) in [5.74, 6) is 1.79. The molecule has 0 spiro atoms. The third-order valence-electron chi connectivity index (χ3n) is 5.54. The SMILES string of the molecule is CCC(CC)(CNCC1CCC(C(C)C)CC1)C(=O)O. The predicted octanol–water partition coefficient (Wildman–Crippen LogP) is 3.93. The largest absolute Gasteiger partial charge is 0.481 e. The zero-order valence-corrected chi connectivity index (χ0v) is 13.7. The van der Waals surface area contributed by atoms with E-state index < -0.39 is 11.4 Å². The summed E-state index contributed by atoms with van der Waals surface area (Å²) < 4.78 is 0. The van der Waals surface area contributed by atoms with Gasteiger partial charge in [0.2, 0.25) is 0 Å². The summed E-state index contributed by atoms with van der Waals surface area (Å²) in [7, 11) is 0. The molecule has 1 aliphatic carbocycles. The van der Waals surface area contributed by atoms with E-state index in [1.54, 1.807) is 0 Å². The van der Waals surface area contributed by atoms with E-state index in [9.17, 15) is 9.90 Å². The molecule has 0 aromatic carbocycles. The molecule has 1 aliphatic rings. The van der Waals surface area contributed by atoms with Crippen molar-refractivity contribution < 1.29 is 9.90 Å². The van der Waals surface area contributed by atoms with Gasteiger partial charge in [0.1, 0.15) is 0 Å². The van der Waals surface area contributed by atoms with Crippen molar-refractivity contribution in [3.05, 3.63) is 0 Å². The van der Waals surface area contributed by atoms with Crippen molar-refractivity contribution in [3.63, 3.8) is 0 Å². The highest BCUT2D eigenvalue weighted by atomic mass is 16.4. The van der Waals surface area contributed by atoms with Crippen LogP contribution in [0.3, 0.4) is 0 Å². The molecule has 0 radical (unpaired) electrons. The standard InChI is InChI=1S/C17H33NO2/c1-5-17(6-2,16(19)20)12-18-11-14-7-9-15(10-8-14)13(3)4/h13-15,18H,5-12H2,1-4H3,(H,19,20). The van der Waals surface area contributed by atoms with E-state index in [2.05, 4.69) is 19.2 Å². The van der Waals surface area contributed by atoms with E-state index in [4.69, 9.17) is 0 Å². The van der Waals surface area contributed by atoms with Crippen LogP contribution in [0, 0.1) is 23.2 Å². The van der Waals surface area contributed by atoms with Crippen molar-refractivity contribution in [2.45, 2.75) is 66.2 Å². The van der Waals surface area contributed by atoms with Crippen LogP contribution in [0.15, 0.2) is 0 Å². The first kappa shape index (κ1) is 17.5. The smallest absolute Gasteiger partial charge is 0.310 e. The number of nitrogens with one attached hydrogen (secondary N) is 1. The summed E-state index contributed by atoms with van der Waals surface area (Å²) in [4.78, 5) is 11.4. The van der Waals surface area contributed by atoms with E-state index in [-0.39, 0.29) is 0 Å². The summed E-state index contributed by atoms with van der Waals surface area (Å²) >= 11 is 0. The molecule has 0 amide bonds. The lowest BCUT2D eigenvalue weighted by Crippen LogP contribution is -2.42. The minimum absolute atomic E-state index is 0.574. The molecular formula is C17H33NO2. The fourth-order valence-corrected chi connectivity index (χ4v) is 3.45. The lowest BCUT2D eigenvalue weighted by Gasteiger charge is -2.32. The van der Waals surface area contributed by atoms with Gasteiger partial charge in [0, 0.05) is 6.54 Å². The molecule has 118 valence electrons. The van der Waals surface area contributed by atoms with Crippen molar-refractivity contribution in [1.82, 2.24) is 5.32 Å². The first-order chi connectivity index (χ1) is 9.45. The summed E-state index contributed by atoms with van der Waals surface area (Å²) in [6, 6.07) is 0. The number of carbonyl (C=O) groups is 1. The first-order valence-corrected chi connectivity index (χ1v) is 8.39. The molecule has 1 rings (SSSR count). The van der Waals surface area contributed by atoms with Crippen molar-refractivity contribution in [2.24, 2.45) is 23.2 Å². The van der Waals surface area contributed by atoms with Crippen LogP contribution in [0.2, 0.25) is 0 Å². The van der Waals surface area contributed by atoms with Gasteiger partial charge in [-0.25, -0.2) is 0 Å². The van der Waals surface area contributed by atoms with Crippen LogP contribution in [0.1, 0.15) is 66.2 Å². The average molecular weight is 283 g/mol. The number of rotatable bonds is 8. The quantitative estimate of drug-likeness (QED) is 0.709. The van der Waals surface area contributed by atoms with Crippen molar-refractivity contribution in [2.75, 3.05) is 13.1 Å². The second kappa shape index (κ2) is 8.02. The second-order valence-electron chi connectivity index (χ2n) is 6.95. The van der Waals surface area contributed by atoms with Crippen LogP contribution in [-0.2, 0) is 4.79 Å². The number of hydrogen-bond acceptors (Lipinski definition) is 2. The molecule has 2 N–H and O–H groups in total. The zero-order valence-electron chi connectivity index (χ0n) is 13.7. The van der Waals surface area contributed by atoms with Gasteiger partial charge in [0.05, 0.1) is 5.41 Å². The molecule has 1 fully saturated rings. The molecule has 0 heterocycles. The molecule has 0 bridgehead atoms. The maximum absolute atomic E-state index is 11.4. The van der Waals surface area contributed by atoms with Gasteiger partial charge in [-0.15, -0.1) is 0 Å². The summed E-state index contributed by atoms with van der Waals surface area (Å²) in [6.45, 7) is 10.2. The Hall–Kier alpha value is -0.570. The van der Waals surface area contributed by atoms with Crippen LogP contribution < -0.4 is 5.32 Å². The fourth-order valence-electron chi connectivity index (χ4n) is 3.45. The third-order valence-corrected chi connectivity index (χ3v) is 5.54. The van der Waals surface area contributed by atoms with Gasteiger partial charge >= 0.3 is 5.97 Å². The Morgan fingerprint density at radius 1 is 1.20 bits per heavy atom. The Kier molecular flexibility index (Phi) is 7.01. The van der Waals surface area contributed by atoms with E-state index in [1.807, 2.05) is 13.8 Å². The highest BCUT2D eigenvalue weighted by Crippen LogP contribution is 2.33. The molecule has 1 saturated carbocycles. The van der Waals surface area contributed by atoms with E-state index >= 15 is 0 Å². The first-order valence-electron chi connectivity index (χ1n) is 8.39. The van der Waals surface area contributed by atoms with Crippen LogP contribution >= 0.6 is 0 Å². The van der Waals surface area contributed by atoms with E-state index in [1.165, 1.54) is 25.7 Å². The van der Waals surface area contributed by atoms with Crippen LogP contribution in [0.25, 0.3) is 0 Å². The van der Waals surface area contributed by atoms with Crippen molar-refractivity contribution in [1.29, 1.82) is 0 Å². The van der Waals surface area contributed by atoms with Crippen LogP contribution in [0.4, 0.5) is 0 Å². The van der Waals surface area contributed by atoms with Crippen LogP contribution in [0.5, 0.6) is 0 Å². The maximum atomic E-state index is 11.4. The van der Waals surface area contributed by atoms with Gasteiger partial charge in [-0.1, -0.05) is 27.7 Å². The van der Waals surface area contributed by atoms with E-state index in [0.29, 0.717) is 19.4 Å². The lowest BCUT2D eigenvalue weighted by molar-refractivity contribution is -0.149. The number of hydrogen-bond donors (Lipinski definition) is 2. The molecule has 20 heavy (non-hydrogen) atoms. The summed E-state index contributed by atoms with van der Waals surface area (Å²) in [5, 5.41) is 12.9. The third kappa shape index (κ3) is 4.47. The van der Waals surface area contributed by atoms with Gasteiger partial charge in [-0.2, -0.15) is 0 Å². The average Bonchev–Trinajstić information content (AvgIpc) is 2.44. The van der Waals surface area contributed by atoms with Crippen LogP contribution in [-0.4, -0.2) is 24.2 Å². The fraction of sp³-hybridized carbons (Fsp3) is 0.941. The number of carboxylic acid groups (broad SMARTS) is 1. The van der Waals surface area contributed by atoms with Crippen molar-refractivity contribution >= 4 is 5.97 Å². The molecule has 0 unspecified atom stereocenters. The number of aliphatic carboxylic acids is 1. The normalized spacial score (nSPS) is 24.1. The Bertz CT molecular complexity index is 289. The molecule has 0 aromatic rings. The monoisotopic (exact) mass is 283 g/mol. The molecule has 0 aromatic heterocycles. The van der Waals surface area contributed by atoms with Gasteiger partial charge < -0.3 is 10.4 Å². The molecule has 0 saturated heterocycles. The predicted molar refractivity (Wildman–Crippen MR) is 83.8 cm³/mol. The molecular weight excluding hydrogens is 250 g/mol. The maximum Gasteiger partial charge on any atom is 0.310 e. The molecule has 3 nitrogen and oxygen atoms in total. The molecule has 0 atom stereocenters. The Morgan fingerprint density at radius 3 is 2.15 bits per heavy atom. The summed E-state index contributed by atoms with van der Waals surface area (Å²) in [5.41, 5.74) is -0.574. The van der Waals surface area contributed by atoms with Gasteiger partial charge in [-0.05, 0) is 62.8 Å². The summed E-state index contributed by atoms with van der Waals surface area (Å²) in [6.07, 6.45) is 6.69. The molecule has 3 heteroatoms. The minimum Gasteiger partial charge on any atom is -0.481 e. The Labute approximate surface area is 124 Å². The Balaban J connectivity index is 2.33. The zero-order chi connectivity index (χ0) is 15.2. The highest BCUT2D eigenvalue weighted by molar-refractivity contribution is 5.74. The van der Waals surface area contributed by atoms with E-state index in [0.717, 1.165) is 24.3 Å². The Morgan fingerprint density at radius 2 is 1.75 bits per heavy atom. The van der Waals surface area contributed by atoms with Gasteiger partial charge in [0.25, 0.3) is 0 Å². The highest BCUT2D eigenvalue weighted by Gasteiger charge is 2.34. The topological polar surface area (TPSA) is 49.3 Å². The van der Waals surface area contributed by atoms with Gasteiger partial charge in [-0.3, -0.25) is 4.79 Å². The lowest BCUT2D eigenvalue weighted by atomic mass is 9.76. The number of carboxylic acids is 1.